The second kappa shape index (κ2) is 45.1. The van der Waals surface area contributed by atoms with E-state index >= 15 is 0 Å². The van der Waals surface area contributed by atoms with Gasteiger partial charge in [-0.3, -0.25) is 4.79 Å². The van der Waals surface area contributed by atoms with Gasteiger partial charge in [-0.05, 0) is 12.8 Å². The number of aliphatic hydroxyl groups excluding tert-OH is 3. The predicted molar refractivity (Wildman–Crippen MR) is 236 cm³/mol. The van der Waals surface area contributed by atoms with Gasteiger partial charge in [0.2, 0.25) is 5.91 Å². The Labute approximate surface area is 338 Å². The Hall–Kier alpha value is -0.650. The van der Waals surface area contributed by atoms with Gasteiger partial charge in [0.15, 0.2) is 0 Å². The third-order valence-electron chi connectivity index (χ3n) is 12.0. The fraction of sp³-hybridized carbons (Fsp3) is 0.980. The van der Waals surface area contributed by atoms with Crippen LogP contribution in [-0.4, -0.2) is 46.1 Å². The molecule has 0 aliphatic carbocycles. The lowest BCUT2D eigenvalue weighted by molar-refractivity contribution is -0.124. The summed E-state index contributed by atoms with van der Waals surface area (Å²) in [5.41, 5.74) is 0. The molecule has 4 N–H and O–H groups in total. The van der Waals surface area contributed by atoms with Crippen molar-refractivity contribution in [2.75, 3.05) is 6.61 Å². The fourth-order valence-corrected chi connectivity index (χ4v) is 8.11. The van der Waals surface area contributed by atoms with E-state index in [-0.39, 0.29) is 12.5 Å². The molecular formula is C49H99NO4. The van der Waals surface area contributed by atoms with Crippen molar-refractivity contribution in [3.63, 3.8) is 0 Å². The zero-order valence-corrected chi connectivity index (χ0v) is 36.9. The summed E-state index contributed by atoms with van der Waals surface area (Å²) in [5, 5.41) is 33.6. The summed E-state index contributed by atoms with van der Waals surface area (Å²) in [6.07, 6.45) is 52.3. The molecule has 0 spiro atoms. The number of amides is 1. The zero-order chi connectivity index (χ0) is 39.4. The lowest BCUT2D eigenvalue weighted by Crippen LogP contribution is -2.50. The van der Waals surface area contributed by atoms with Crippen LogP contribution in [-0.2, 0) is 4.79 Å². The van der Waals surface area contributed by atoms with Crippen LogP contribution in [0.4, 0.5) is 0 Å². The molecule has 324 valence electrons. The average molecular weight is 766 g/mol. The molecule has 0 rings (SSSR count). The summed E-state index contributed by atoms with van der Waals surface area (Å²) in [7, 11) is 0. The molecule has 0 aromatic rings. The van der Waals surface area contributed by atoms with Crippen molar-refractivity contribution in [2.24, 2.45) is 0 Å². The van der Waals surface area contributed by atoms with Gasteiger partial charge in [-0.2, -0.15) is 0 Å². The van der Waals surface area contributed by atoms with Crippen molar-refractivity contribution in [1.29, 1.82) is 0 Å². The van der Waals surface area contributed by atoms with Gasteiger partial charge in [-0.25, -0.2) is 0 Å². The Kier molecular flexibility index (Phi) is 44.5. The van der Waals surface area contributed by atoms with Crippen LogP contribution in [0.2, 0.25) is 0 Å². The Balaban J connectivity index is 3.51. The number of carbonyl (C=O) groups excluding carboxylic acids is 1. The van der Waals surface area contributed by atoms with Crippen LogP contribution in [0, 0.1) is 0 Å². The Morgan fingerprint density at radius 2 is 0.630 bits per heavy atom. The summed E-state index contributed by atoms with van der Waals surface area (Å²) < 4.78 is 0. The maximum Gasteiger partial charge on any atom is 0.220 e. The van der Waals surface area contributed by atoms with Crippen molar-refractivity contribution in [3.8, 4) is 0 Å². The molecule has 5 nitrogen and oxygen atoms in total. The van der Waals surface area contributed by atoms with Crippen molar-refractivity contribution in [1.82, 2.24) is 5.32 Å². The molecule has 0 aromatic heterocycles. The molecule has 0 heterocycles. The SMILES string of the molecule is CCCCCCCCCCCCCCCCCCCCCCCCCCCC(=O)NC(CO)C(O)C(O)CCCCCCCCCCCCCCCCC. The van der Waals surface area contributed by atoms with Crippen LogP contribution < -0.4 is 5.32 Å². The second-order valence-electron chi connectivity index (χ2n) is 17.4. The quantitative estimate of drug-likeness (QED) is 0.0465. The lowest BCUT2D eigenvalue weighted by Gasteiger charge is -2.26. The third-order valence-corrected chi connectivity index (χ3v) is 12.0. The molecule has 0 aliphatic rings. The molecule has 0 aliphatic heterocycles. The normalized spacial score (nSPS) is 13.4. The highest BCUT2D eigenvalue weighted by Gasteiger charge is 2.26. The van der Waals surface area contributed by atoms with E-state index in [0.717, 1.165) is 32.1 Å². The average Bonchev–Trinajstić information content (AvgIpc) is 3.18. The van der Waals surface area contributed by atoms with Gasteiger partial charge in [0, 0.05) is 6.42 Å². The monoisotopic (exact) mass is 766 g/mol. The van der Waals surface area contributed by atoms with Crippen LogP contribution in [0.3, 0.4) is 0 Å². The van der Waals surface area contributed by atoms with Crippen LogP contribution in [0.25, 0.3) is 0 Å². The summed E-state index contributed by atoms with van der Waals surface area (Å²) in [6.45, 7) is 4.21. The number of hydrogen-bond acceptors (Lipinski definition) is 4. The van der Waals surface area contributed by atoms with Crippen LogP contribution >= 0.6 is 0 Å². The molecule has 0 bridgehead atoms. The van der Waals surface area contributed by atoms with Gasteiger partial charge in [-0.15, -0.1) is 0 Å². The predicted octanol–water partition coefficient (Wildman–Crippen LogP) is 14.6. The van der Waals surface area contributed by atoms with Gasteiger partial charge < -0.3 is 20.6 Å². The smallest absolute Gasteiger partial charge is 0.220 e. The number of rotatable bonds is 46. The maximum absolute atomic E-state index is 12.5. The first-order valence-electron chi connectivity index (χ1n) is 24.8. The second-order valence-corrected chi connectivity index (χ2v) is 17.4. The summed E-state index contributed by atoms with van der Waals surface area (Å²) in [4.78, 5) is 12.5. The molecule has 0 saturated heterocycles. The van der Waals surface area contributed by atoms with Crippen LogP contribution in [0.1, 0.15) is 284 Å². The number of nitrogens with one attached hydrogen (secondary N) is 1. The number of carbonyl (C=O) groups is 1. The highest BCUT2D eigenvalue weighted by Crippen LogP contribution is 2.18. The van der Waals surface area contributed by atoms with Crippen LogP contribution in [0.15, 0.2) is 0 Å². The molecule has 1 amide bonds. The van der Waals surface area contributed by atoms with E-state index in [0.29, 0.717) is 12.8 Å². The highest BCUT2D eigenvalue weighted by atomic mass is 16.3. The van der Waals surface area contributed by atoms with Gasteiger partial charge in [0.1, 0.15) is 6.10 Å². The molecule has 3 atom stereocenters. The van der Waals surface area contributed by atoms with Crippen molar-refractivity contribution in [3.05, 3.63) is 0 Å². The number of aliphatic hydroxyl groups is 3. The van der Waals surface area contributed by atoms with Gasteiger partial charge >= 0.3 is 0 Å². The standard InChI is InChI=1S/C49H99NO4/c1-3-5-7-9-11-13-15-17-19-20-21-22-23-24-25-26-27-28-30-32-34-36-38-40-42-44-48(53)50-46(45-51)49(54)47(52)43-41-39-37-35-33-31-29-18-16-14-12-10-8-6-4-2/h46-47,49,51-52,54H,3-45H2,1-2H3,(H,50,53). The van der Waals surface area contributed by atoms with E-state index in [1.54, 1.807) is 0 Å². The molecule has 5 heteroatoms. The van der Waals surface area contributed by atoms with E-state index in [1.165, 1.54) is 225 Å². The lowest BCUT2D eigenvalue weighted by atomic mass is 9.99. The Morgan fingerprint density at radius 1 is 0.389 bits per heavy atom. The summed E-state index contributed by atoms with van der Waals surface area (Å²) >= 11 is 0. The molecule has 54 heavy (non-hydrogen) atoms. The first-order chi connectivity index (χ1) is 26.6. The first-order valence-corrected chi connectivity index (χ1v) is 24.8. The Bertz CT molecular complexity index is 718. The van der Waals surface area contributed by atoms with E-state index in [2.05, 4.69) is 19.2 Å². The van der Waals surface area contributed by atoms with E-state index in [9.17, 15) is 20.1 Å². The summed E-state index contributed by atoms with van der Waals surface area (Å²) in [6, 6.07) is -0.803. The van der Waals surface area contributed by atoms with Gasteiger partial charge in [0.05, 0.1) is 18.8 Å². The molecule has 0 fully saturated rings. The Morgan fingerprint density at radius 3 is 0.889 bits per heavy atom. The maximum atomic E-state index is 12.5. The summed E-state index contributed by atoms with van der Waals surface area (Å²) in [5.74, 6) is -0.138. The topological polar surface area (TPSA) is 89.8 Å². The van der Waals surface area contributed by atoms with Gasteiger partial charge in [0.25, 0.3) is 0 Å². The van der Waals surface area contributed by atoms with E-state index in [4.69, 9.17) is 0 Å². The number of unbranched alkanes of at least 4 members (excludes halogenated alkanes) is 38. The third kappa shape index (κ3) is 39.6. The van der Waals surface area contributed by atoms with E-state index in [1.807, 2.05) is 0 Å². The van der Waals surface area contributed by atoms with E-state index < -0.39 is 18.2 Å². The minimum atomic E-state index is -1.13. The fourth-order valence-electron chi connectivity index (χ4n) is 8.11. The molecular weight excluding hydrogens is 667 g/mol. The van der Waals surface area contributed by atoms with Crippen molar-refractivity contribution < 1.29 is 20.1 Å². The highest BCUT2D eigenvalue weighted by molar-refractivity contribution is 5.76. The van der Waals surface area contributed by atoms with Gasteiger partial charge in [-0.1, -0.05) is 264 Å². The minimum absolute atomic E-state index is 0.138. The largest absolute Gasteiger partial charge is 0.394 e. The first kappa shape index (κ1) is 53.4. The van der Waals surface area contributed by atoms with Crippen molar-refractivity contribution >= 4 is 5.91 Å². The molecule has 3 unspecified atom stereocenters. The minimum Gasteiger partial charge on any atom is -0.394 e. The zero-order valence-electron chi connectivity index (χ0n) is 36.9. The van der Waals surface area contributed by atoms with Crippen molar-refractivity contribution in [2.45, 2.75) is 302 Å². The molecule has 0 aromatic carbocycles. The number of hydrogen-bond donors (Lipinski definition) is 4. The molecule has 0 saturated carbocycles. The van der Waals surface area contributed by atoms with Crippen LogP contribution in [0.5, 0.6) is 0 Å². The molecule has 0 radical (unpaired) electrons.